The van der Waals surface area contributed by atoms with Gasteiger partial charge in [0.1, 0.15) is 5.82 Å². The van der Waals surface area contributed by atoms with Gasteiger partial charge in [0, 0.05) is 6.54 Å². The van der Waals surface area contributed by atoms with E-state index < -0.39 is 17.6 Å². The van der Waals surface area contributed by atoms with Crippen molar-refractivity contribution < 1.29 is 17.6 Å². The van der Waals surface area contributed by atoms with Crippen LogP contribution in [0.2, 0.25) is 0 Å². The Morgan fingerprint density at radius 1 is 1.05 bits per heavy atom. The van der Waals surface area contributed by atoms with E-state index in [9.17, 15) is 17.6 Å². The molecule has 0 aliphatic heterocycles. The summed E-state index contributed by atoms with van der Waals surface area (Å²) in [6.07, 6.45) is -4.70. The lowest BCUT2D eigenvalue weighted by Crippen LogP contribution is -2.12. The summed E-state index contributed by atoms with van der Waals surface area (Å²) in [5.41, 5.74) is 0.665. The SMILES string of the molecule is CCNCc1ccccc1-c1ccc(F)c(C(F)(F)F)c1. The quantitative estimate of drug-likeness (QED) is 0.812. The Morgan fingerprint density at radius 2 is 1.76 bits per heavy atom. The van der Waals surface area contributed by atoms with E-state index in [1.807, 2.05) is 19.1 Å². The maximum atomic E-state index is 13.4. The number of benzene rings is 2. The first-order valence-corrected chi connectivity index (χ1v) is 6.59. The second kappa shape index (κ2) is 6.26. The predicted octanol–water partition coefficient (Wildman–Crippen LogP) is 4.62. The maximum Gasteiger partial charge on any atom is 0.419 e. The molecule has 0 amide bonds. The normalized spacial score (nSPS) is 11.7. The van der Waals surface area contributed by atoms with E-state index in [0.717, 1.165) is 24.2 Å². The van der Waals surface area contributed by atoms with Crippen LogP contribution in [-0.2, 0) is 12.7 Å². The van der Waals surface area contributed by atoms with E-state index in [2.05, 4.69) is 5.32 Å². The summed E-state index contributed by atoms with van der Waals surface area (Å²) in [4.78, 5) is 0. The highest BCUT2D eigenvalue weighted by molar-refractivity contribution is 5.68. The zero-order valence-corrected chi connectivity index (χ0v) is 11.5. The van der Waals surface area contributed by atoms with Crippen LogP contribution < -0.4 is 5.32 Å². The van der Waals surface area contributed by atoms with Gasteiger partial charge in [-0.2, -0.15) is 13.2 Å². The molecular weight excluding hydrogens is 282 g/mol. The van der Waals surface area contributed by atoms with Gasteiger partial charge in [0.05, 0.1) is 5.56 Å². The molecule has 0 fully saturated rings. The van der Waals surface area contributed by atoms with Gasteiger partial charge < -0.3 is 5.32 Å². The summed E-state index contributed by atoms with van der Waals surface area (Å²) >= 11 is 0. The van der Waals surface area contributed by atoms with Crippen molar-refractivity contribution in [1.29, 1.82) is 0 Å². The van der Waals surface area contributed by atoms with Crippen molar-refractivity contribution in [1.82, 2.24) is 5.32 Å². The van der Waals surface area contributed by atoms with E-state index in [1.165, 1.54) is 6.07 Å². The Morgan fingerprint density at radius 3 is 2.43 bits per heavy atom. The Balaban J connectivity index is 2.48. The summed E-state index contributed by atoms with van der Waals surface area (Å²) in [7, 11) is 0. The molecule has 0 atom stereocenters. The summed E-state index contributed by atoms with van der Waals surface area (Å²) in [5.74, 6) is -1.25. The molecule has 0 aliphatic carbocycles. The highest BCUT2D eigenvalue weighted by Crippen LogP contribution is 2.35. The molecule has 0 spiro atoms. The molecule has 112 valence electrons. The molecule has 2 rings (SSSR count). The fourth-order valence-electron chi connectivity index (χ4n) is 2.13. The van der Waals surface area contributed by atoms with Crippen LogP contribution in [0.5, 0.6) is 0 Å². The zero-order chi connectivity index (χ0) is 15.5. The van der Waals surface area contributed by atoms with Crippen molar-refractivity contribution in [2.75, 3.05) is 6.54 Å². The van der Waals surface area contributed by atoms with Gasteiger partial charge in [-0.1, -0.05) is 37.3 Å². The van der Waals surface area contributed by atoms with Crippen LogP contribution in [0.4, 0.5) is 17.6 Å². The Kier molecular flexibility index (Phi) is 4.63. The van der Waals surface area contributed by atoms with E-state index >= 15 is 0 Å². The summed E-state index contributed by atoms with van der Waals surface area (Å²) < 4.78 is 51.7. The Hall–Kier alpha value is -1.88. The van der Waals surface area contributed by atoms with Crippen molar-refractivity contribution in [3.8, 4) is 11.1 Å². The lowest BCUT2D eigenvalue weighted by Gasteiger charge is -2.13. The first-order chi connectivity index (χ1) is 9.93. The van der Waals surface area contributed by atoms with Crippen molar-refractivity contribution in [2.45, 2.75) is 19.6 Å². The summed E-state index contributed by atoms with van der Waals surface area (Å²) in [6, 6.07) is 10.2. The molecule has 0 saturated carbocycles. The van der Waals surface area contributed by atoms with Crippen LogP contribution in [0.15, 0.2) is 42.5 Å². The van der Waals surface area contributed by atoms with Gasteiger partial charge in [-0.15, -0.1) is 0 Å². The first-order valence-electron chi connectivity index (χ1n) is 6.59. The minimum absolute atomic E-state index is 0.359. The molecule has 0 radical (unpaired) electrons. The average molecular weight is 297 g/mol. The van der Waals surface area contributed by atoms with E-state index in [4.69, 9.17) is 0 Å². The van der Waals surface area contributed by atoms with Crippen LogP contribution in [-0.4, -0.2) is 6.54 Å². The molecule has 0 aliphatic rings. The number of halogens is 4. The van der Waals surface area contributed by atoms with Gasteiger partial charge >= 0.3 is 6.18 Å². The van der Waals surface area contributed by atoms with Gasteiger partial charge in [-0.25, -0.2) is 4.39 Å². The standard InChI is InChI=1S/C16H15F4N/c1-2-21-10-12-5-3-4-6-13(12)11-7-8-15(17)14(9-11)16(18,19)20/h3-9,21H,2,10H2,1H3. The van der Waals surface area contributed by atoms with E-state index in [0.29, 0.717) is 17.7 Å². The fraction of sp³-hybridized carbons (Fsp3) is 0.250. The molecule has 0 unspecified atom stereocenters. The van der Waals surface area contributed by atoms with E-state index in [-0.39, 0.29) is 0 Å². The molecule has 21 heavy (non-hydrogen) atoms. The zero-order valence-electron chi connectivity index (χ0n) is 11.5. The predicted molar refractivity (Wildman–Crippen MR) is 74.2 cm³/mol. The van der Waals surface area contributed by atoms with Gasteiger partial charge in [0.25, 0.3) is 0 Å². The monoisotopic (exact) mass is 297 g/mol. The third-order valence-corrected chi connectivity index (χ3v) is 3.17. The van der Waals surface area contributed by atoms with Gasteiger partial charge in [-0.3, -0.25) is 0 Å². The topological polar surface area (TPSA) is 12.0 Å². The third kappa shape index (κ3) is 3.61. The molecule has 5 heteroatoms. The third-order valence-electron chi connectivity index (χ3n) is 3.17. The van der Waals surface area contributed by atoms with Crippen molar-refractivity contribution in [3.05, 3.63) is 59.4 Å². The maximum absolute atomic E-state index is 13.4. The first kappa shape index (κ1) is 15.5. The van der Waals surface area contributed by atoms with Gasteiger partial charge in [-0.05, 0) is 35.4 Å². The second-order valence-electron chi connectivity index (χ2n) is 4.63. The van der Waals surface area contributed by atoms with E-state index in [1.54, 1.807) is 12.1 Å². The number of alkyl halides is 3. The molecule has 0 heterocycles. The lowest BCUT2D eigenvalue weighted by atomic mass is 9.97. The molecule has 1 nitrogen and oxygen atoms in total. The molecule has 2 aromatic carbocycles. The van der Waals surface area contributed by atoms with Crippen LogP contribution >= 0.6 is 0 Å². The van der Waals surface area contributed by atoms with Gasteiger partial charge in [0.15, 0.2) is 0 Å². The highest BCUT2D eigenvalue weighted by atomic mass is 19.4. The number of hydrogen-bond donors (Lipinski definition) is 1. The minimum atomic E-state index is -4.70. The Labute approximate surface area is 120 Å². The van der Waals surface area contributed by atoms with Crippen LogP contribution in [0, 0.1) is 5.82 Å². The second-order valence-corrected chi connectivity index (χ2v) is 4.63. The molecule has 0 bridgehead atoms. The number of hydrogen-bond acceptors (Lipinski definition) is 1. The summed E-state index contributed by atoms with van der Waals surface area (Å²) in [5, 5.41) is 3.13. The van der Waals surface area contributed by atoms with Crippen LogP contribution in [0.1, 0.15) is 18.1 Å². The van der Waals surface area contributed by atoms with Crippen LogP contribution in [0.25, 0.3) is 11.1 Å². The molecular formula is C16H15F4N. The molecule has 1 N–H and O–H groups in total. The summed E-state index contributed by atoms with van der Waals surface area (Å²) in [6.45, 7) is 3.25. The fourth-order valence-corrected chi connectivity index (χ4v) is 2.13. The number of rotatable bonds is 4. The van der Waals surface area contributed by atoms with Crippen molar-refractivity contribution >= 4 is 0 Å². The van der Waals surface area contributed by atoms with Crippen molar-refractivity contribution in [2.24, 2.45) is 0 Å². The molecule has 0 aromatic heterocycles. The average Bonchev–Trinajstić information content (AvgIpc) is 2.45. The smallest absolute Gasteiger partial charge is 0.313 e. The van der Waals surface area contributed by atoms with Gasteiger partial charge in [0.2, 0.25) is 0 Å². The number of nitrogens with one attached hydrogen (secondary N) is 1. The molecule has 2 aromatic rings. The minimum Gasteiger partial charge on any atom is -0.313 e. The molecule has 0 saturated heterocycles. The van der Waals surface area contributed by atoms with Crippen molar-refractivity contribution in [3.63, 3.8) is 0 Å². The lowest BCUT2D eigenvalue weighted by molar-refractivity contribution is -0.139. The largest absolute Gasteiger partial charge is 0.419 e. The Bertz CT molecular complexity index is 620. The highest BCUT2D eigenvalue weighted by Gasteiger charge is 2.34. The van der Waals surface area contributed by atoms with Crippen LogP contribution in [0.3, 0.4) is 0 Å².